The molecule has 0 unspecified atom stereocenters. The van der Waals surface area contributed by atoms with Crippen molar-refractivity contribution < 1.29 is 9.18 Å². The van der Waals surface area contributed by atoms with E-state index in [0.29, 0.717) is 31.4 Å². The second-order valence-electron chi connectivity index (χ2n) is 5.27. The van der Waals surface area contributed by atoms with Crippen LogP contribution in [0.4, 0.5) is 4.39 Å². The third-order valence-corrected chi connectivity index (χ3v) is 4.67. The molecule has 3 nitrogen and oxygen atoms in total. The Morgan fingerprint density at radius 3 is 2.70 bits per heavy atom. The van der Waals surface area contributed by atoms with Crippen LogP contribution in [0, 0.1) is 5.82 Å². The summed E-state index contributed by atoms with van der Waals surface area (Å²) in [6.07, 6.45) is 1.42. The van der Waals surface area contributed by atoms with Crippen LogP contribution < -0.4 is 5.32 Å². The fourth-order valence-electron chi connectivity index (χ4n) is 2.37. The highest BCUT2D eigenvalue weighted by Crippen LogP contribution is 2.21. The number of amides is 1. The normalized spacial score (nSPS) is 10.8. The lowest BCUT2D eigenvalue weighted by Crippen LogP contribution is -2.25. The largest absolute Gasteiger partial charge is 0.356 e. The van der Waals surface area contributed by atoms with Crippen molar-refractivity contribution in [3.8, 4) is 0 Å². The molecule has 0 radical (unpaired) electrons. The van der Waals surface area contributed by atoms with Crippen LogP contribution in [0.5, 0.6) is 0 Å². The van der Waals surface area contributed by atoms with Crippen molar-refractivity contribution in [2.75, 3.05) is 6.54 Å². The second-order valence-corrected chi connectivity index (χ2v) is 6.38. The van der Waals surface area contributed by atoms with Crippen LogP contribution in [0.15, 0.2) is 48.5 Å². The molecule has 1 N–H and O–H groups in total. The van der Waals surface area contributed by atoms with Gasteiger partial charge >= 0.3 is 0 Å². The zero-order valence-electron chi connectivity index (χ0n) is 12.6. The maximum atomic E-state index is 13.5. The first-order valence-corrected chi connectivity index (χ1v) is 8.38. The van der Waals surface area contributed by atoms with Crippen LogP contribution in [0.1, 0.15) is 17.0 Å². The van der Waals surface area contributed by atoms with Gasteiger partial charge in [0.15, 0.2) is 0 Å². The van der Waals surface area contributed by atoms with E-state index in [0.717, 1.165) is 15.2 Å². The van der Waals surface area contributed by atoms with Gasteiger partial charge in [0.2, 0.25) is 5.91 Å². The number of aryl methyl sites for hydroxylation is 1. The van der Waals surface area contributed by atoms with Gasteiger partial charge in [-0.3, -0.25) is 4.79 Å². The second kappa shape index (κ2) is 7.33. The first-order valence-electron chi connectivity index (χ1n) is 7.57. The minimum absolute atomic E-state index is 0.0608. The van der Waals surface area contributed by atoms with E-state index in [-0.39, 0.29) is 11.7 Å². The van der Waals surface area contributed by atoms with Crippen LogP contribution in [-0.2, 0) is 17.6 Å². The summed E-state index contributed by atoms with van der Waals surface area (Å²) < 4.78 is 14.6. The lowest BCUT2D eigenvalue weighted by atomic mass is 10.1. The first kappa shape index (κ1) is 15.6. The molecule has 0 saturated heterocycles. The van der Waals surface area contributed by atoms with E-state index >= 15 is 0 Å². The highest BCUT2D eigenvalue weighted by Gasteiger charge is 2.07. The van der Waals surface area contributed by atoms with E-state index in [1.165, 1.54) is 6.07 Å². The fraction of sp³-hybridized carbons (Fsp3) is 0.222. The molecule has 5 heteroatoms. The molecule has 0 aliphatic carbocycles. The minimum atomic E-state index is -0.255. The number of fused-ring (bicyclic) bond motifs is 1. The standard InChI is InChI=1S/C18H17FN2OS/c19-14-6-2-1-5-13(14)9-10-17(22)20-12-11-18-21-15-7-3-4-8-16(15)23-18/h1-8H,9-12H2,(H,20,22). The van der Waals surface area contributed by atoms with E-state index in [1.54, 1.807) is 29.5 Å². The molecule has 1 amide bonds. The predicted molar refractivity (Wildman–Crippen MR) is 91.1 cm³/mol. The summed E-state index contributed by atoms with van der Waals surface area (Å²) in [5.74, 6) is -0.316. The molecule has 0 saturated carbocycles. The summed E-state index contributed by atoms with van der Waals surface area (Å²) in [6.45, 7) is 0.552. The molecule has 2 aromatic carbocycles. The summed E-state index contributed by atoms with van der Waals surface area (Å²) in [5.41, 5.74) is 1.58. The van der Waals surface area contributed by atoms with E-state index in [2.05, 4.69) is 10.3 Å². The number of halogens is 1. The van der Waals surface area contributed by atoms with E-state index < -0.39 is 0 Å². The number of hydrogen-bond donors (Lipinski definition) is 1. The summed E-state index contributed by atoms with van der Waals surface area (Å²) >= 11 is 1.65. The molecule has 1 aromatic heterocycles. The van der Waals surface area contributed by atoms with Gasteiger partial charge in [-0.25, -0.2) is 9.37 Å². The molecular formula is C18H17FN2OS. The number of benzene rings is 2. The van der Waals surface area contributed by atoms with Crippen molar-refractivity contribution in [1.29, 1.82) is 0 Å². The van der Waals surface area contributed by atoms with Crippen LogP contribution >= 0.6 is 11.3 Å². The molecule has 0 atom stereocenters. The Kier molecular flexibility index (Phi) is 4.98. The van der Waals surface area contributed by atoms with Crippen LogP contribution in [0.25, 0.3) is 10.2 Å². The lowest BCUT2D eigenvalue weighted by molar-refractivity contribution is -0.121. The first-order chi connectivity index (χ1) is 11.2. The highest BCUT2D eigenvalue weighted by atomic mass is 32.1. The Labute approximate surface area is 138 Å². The van der Waals surface area contributed by atoms with Gasteiger partial charge in [-0.05, 0) is 30.2 Å². The molecule has 0 aliphatic heterocycles. The third-order valence-electron chi connectivity index (χ3n) is 3.58. The highest BCUT2D eigenvalue weighted by molar-refractivity contribution is 7.18. The van der Waals surface area contributed by atoms with Crippen molar-refractivity contribution in [3.05, 3.63) is 64.9 Å². The molecule has 0 fully saturated rings. The molecule has 0 spiro atoms. The molecular weight excluding hydrogens is 311 g/mol. The third kappa shape index (κ3) is 4.13. The fourth-order valence-corrected chi connectivity index (χ4v) is 3.34. The average Bonchev–Trinajstić information content (AvgIpc) is 2.97. The summed E-state index contributed by atoms with van der Waals surface area (Å²) in [6, 6.07) is 14.6. The number of hydrogen-bond acceptors (Lipinski definition) is 3. The topological polar surface area (TPSA) is 42.0 Å². The van der Waals surface area contributed by atoms with E-state index in [4.69, 9.17) is 0 Å². The monoisotopic (exact) mass is 328 g/mol. The van der Waals surface area contributed by atoms with Crippen LogP contribution in [0.3, 0.4) is 0 Å². The predicted octanol–water partition coefficient (Wildman–Crippen LogP) is 3.73. The number of rotatable bonds is 6. The number of thiazole rings is 1. The Morgan fingerprint density at radius 1 is 1.09 bits per heavy atom. The van der Waals surface area contributed by atoms with Crippen molar-refractivity contribution in [3.63, 3.8) is 0 Å². The van der Waals surface area contributed by atoms with Gasteiger partial charge in [0, 0.05) is 19.4 Å². The Bertz CT molecular complexity index is 782. The molecule has 3 rings (SSSR count). The van der Waals surface area contributed by atoms with Crippen molar-refractivity contribution in [2.45, 2.75) is 19.3 Å². The molecule has 0 aliphatic rings. The average molecular weight is 328 g/mol. The number of carbonyl (C=O) groups excluding carboxylic acids is 1. The quantitative estimate of drug-likeness (QED) is 0.749. The van der Waals surface area contributed by atoms with E-state index in [9.17, 15) is 9.18 Å². The van der Waals surface area contributed by atoms with Crippen LogP contribution in [0.2, 0.25) is 0 Å². The Morgan fingerprint density at radius 2 is 1.87 bits per heavy atom. The molecule has 23 heavy (non-hydrogen) atoms. The lowest BCUT2D eigenvalue weighted by Gasteiger charge is -2.05. The van der Waals surface area contributed by atoms with Gasteiger partial charge in [0.05, 0.1) is 15.2 Å². The number of aromatic nitrogens is 1. The number of nitrogens with zero attached hydrogens (tertiary/aromatic N) is 1. The maximum Gasteiger partial charge on any atom is 0.220 e. The van der Waals surface area contributed by atoms with Gasteiger partial charge in [0.25, 0.3) is 0 Å². The zero-order valence-corrected chi connectivity index (χ0v) is 13.4. The van der Waals surface area contributed by atoms with Crippen molar-refractivity contribution >= 4 is 27.5 Å². The summed E-state index contributed by atoms with van der Waals surface area (Å²) in [4.78, 5) is 16.4. The number of nitrogens with one attached hydrogen (secondary N) is 1. The van der Waals surface area contributed by atoms with Gasteiger partial charge < -0.3 is 5.32 Å². The Hall–Kier alpha value is -2.27. The molecule has 0 bridgehead atoms. The summed E-state index contributed by atoms with van der Waals surface area (Å²) in [7, 11) is 0. The maximum absolute atomic E-state index is 13.5. The number of carbonyl (C=O) groups is 1. The van der Waals surface area contributed by atoms with Gasteiger partial charge in [-0.15, -0.1) is 11.3 Å². The smallest absolute Gasteiger partial charge is 0.220 e. The van der Waals surface area contributed by atoms with Crippen LogP contribution in [-0.4, -0.2) is 17.4 Å². The molecule has 118 valence electrons. The van der Waals surface area contributed by atoms with Gasteiger partial charge in [-0.1, -0.05) is 30.3 Å². The molecule has 1 heterocycles. The minimum Gasteiger partial charge on any atom is -0.356 e. The van der Waals surface area contributed by atoms with E-state index in [1.807, 2.05) is 24.3 Å². The zero-order chi connectivity index (χ0) is 16.1. The van der Waals surface area contributed by atoms with Crippen molar-refractivity contribution in [2.24, 2.45) is 0 Å². The molecule has 3 aromatic rings. The SMILES string of the molecule is O=C(CCc1ccccc1F)NCCc1nc2ccccc2s1. The Balaban J connectivity index is 1.45. The van der Waals surface area contributed by atoms with Gasteiger partial charge in [0.1, 0.15) is 5.82 Å². The van der Waals surface area contributed by atoms with Gasteiger partial charge in [-0.2, -0.15) is 0 Å². The summed E-state index contributed by atoms with van der Waals surface area (Å²) in [5, 5.41) is 3.88. The number of para-hydroxylation sites is 1. The van der Waals surface area contributed by atoms with Crippen molar-refractivity contribution in [1.82, 2.24) is 10.3 Å².